The summed E-state index contributed by atoms with van der Waals surface area (Å²) >= 11 is 0. The molecule has 0 heterocycles. The van der Waals surface area contributed by atoms with Crippen LogP contribution in [-0.2, 0) is 6.54 Å². The van der Waals surface area contributed by atoms with Crippen molar-refractivity contribution in [2.24, 2.45) is 23.7 Å². The molecule has 4 fully saturated rings. The Morgan fingerprint density at radius 3 is 2.00 bits per heavy atom. The fourth-order valence-electron chi connectivity index (χ4n) is 5.55. The number of hydrogen-bond acceptors (Lipinski definition) is 1. The molecule has 0 amide bonds. The van der Waals surface area contributed by atoms with E-state index in [9.17, 15) is 0 Å². The Bertz CT molecular complexity index is 463. The molecule has 0 aliphatic heterocycles. The molecular formula is C19H29N2+. The van der Waals surface area contributed by atoms with Crippen molar-refractivity contribution in [1.82, 2.24) is 0 Å². The monoisotopic (exact) mass is 285 g/mol. The summed E-state index contributed by atoms with van der Waals surface area (Å²) in [6.07, 6.45) is 7.70. The van der Waals surface area contributed by atoms with E-state index in [-0.39, 0.29) is 0 Å². The predicted octanol–water partition coefficient (Wildman–Crippen LogP) is 2.64. The van der Waals surface area contributed by atoms with Gasteiger partial charge in [-0.05, 0) is 56.1 Å². The van der Waals surface area contributed by atoms with Crippen LogP contribution in [-0.4, -0.2) is 20.1 Å². The highest BCUT2D eigenvalue weighted by Gasteiger charge is 2.49. The second-order valence-electron chi connectivity index (χ2n) is 8.01. The molecule has 4 bridgehead atoms. The topological polar surface area (TPSA) is 19.9 Å². The first-order chi connectivity index (χ1) is 10.2. The van der Waals surface area contributed by atoms with Crippen molar-refractivity contribution in [3.8, 4) is 0 Å². The molecule has 5 rings (SSSR count). The zero-order valence-electron chi connectivity index (χ0n) is 13.5. The van der Waals surface area contributed by atoms with E-state index >= 15 is 0 Å². The molecule has 0 spiro atoms. The quantitative estimate of drug-likeness (QED) is 0.901. The Morgan fingerprint density at radius 1 is 0.905 bits per heavy atom. The molecule has 0 atom stereocenters. The lowest BCUT2D eigenvalue weighted by Gasteiger charge is -2.52. The molecule has 1 aromatic rings. The molecule has 2 nitrogen and oxygen atoms in total. The lowest BCUT2D eigenvalue weighted by Crippen LogP contribution is -2.93. The summed E-state index contributed by atoms with van der Waals surface area (Å²) in [5, 5.41) is 2.68. The molecule has 4 aliphatic carbocycles. The van der Waals surface area contributed by atoms with E-state index in [0.717, 1.165) is 29.7 Å². The van der Waals surface area contributed by atoms with Gasteiger partial charge < -0.3 is 10.2 Å². The van der Waals surface area contributed by atoms with Crippen molar-refractivity contribution < 1.29 is 5.32 Å². The van der Waals surface area contributed by atoms with Gasteiger partial charge in [-0.25, -0.2) is 0 Å². The van der Waals surface area contributed by atoms with Crippen LogP contribution in [0.25, 0.3) is 0 Å². The minimum absolute atomic E-state index is 0.923. The number of rotatable bonds is 4. The Labute approximate surface area is 128 Å². The summed E-state index contributed by atoms with van der Waals surface area (Å²) in [5.41, 5.74) is 2.78. The fraction of sp³-hybridized carbons (Fsp3) is 0.684. The molecule has 0 saturated heterocycles. The van der Waals surface area contributed by atoms with Crippen molar-refractivity contribution in [2.75, 3.05) is 19.0 Å². The van der Waals surface area contributed by atoms with Gasteiger partial charge in [-0.2, -0.15) is 0 Å². The third-order valence-corrected chi connectivity index (χ3v) is 6.38. The lowest BCUT2D eigenvalue weighted by molar-refractivity contribution is -0.723. The average Bonchev–Trinajstić information content (AvgIpc) is 2.46. The first-order valence-corrected chi connectivity index (χ1v) is 8.78. The first kappa shape index (κ1) is 13.6. The second kappa shape index (κ2) is 5.31. The van der Waals surface area contributed by atoms with Crippen LogP contribution in [0.4, 0.5) is 5.69 Å². The van der Waals surface area contributed by atoms with E-state index in [1.807, 2.05) is 0 Å². The molecular weight excluding hydrogens is 256 g/mol. The van der Waals surface area contributed by atoms with Crippen LogP contribution in [0.5, 0.6) is 0 Å². The van der Waals surface area contributed by atoms with Gasteiger partial charge in [0.1, 0.15) is 6.54 Å². The van der Waals surface area contributed by atoms with Crippen LogP contribution in [0.15, 0.2) is 24.3 Å². The van der Waals surface area contributed by atoms with Gasteiger partial charge >= 0.3 is 0 Å². The summed E-state index contributed by atoms with van der Waals surface area (Å²) in [7, 11) is 4.21. The Hall–Kier alpha value is -1.02. The van der Waals surface area contributed by atoms with Crippen molar-refractivity contribution in [1.29, 1.82) is 0 Å². The van der Waals surface area contributed by atoms with Gasteiger partial charge in [0.05, 0.1) is 6.04 Å². The van der Waals surface area contributed by atoms with Crippen LogP contribution < -0.4 is 10.2 Å². The molecule has 0 unspecified atom stereocenters. The number of anilines is 1. The maximum absolute atomic E-state index is 2.68. The van der Waals surface area contributed by atoms with Gasteiger partial charge in [-0.1, -0.05) is 12.1 Å². The summed E-state index contributed by atoms with van der Waals surface area (Å²) in [6.45, 7) is 1.17. The van der Waals surface area contributed by atoms with Crippen molar-refractivity contribution >= 4 is 5.69 Å². The lowest BCUT2D eigenvalue weighted by atomic mass is 9.54. The maximum atomic E-state index is 2.68. The van der Waals surface area contributed by atoms with E-state index in [2.05, 4.69) is 48.6 Å². The highest BCUT2D eigenvalue weighted by Crippen LogP contribution is 2.52. The molecule has 2 N–H and O–H groups in total. The van der Waals surface area contributed by atoms with E-state index < -0.39 is 0 Å². The van der Waals surface area contributed by atoms with E-state index in [0.29, 0.717) is 0 Å². The largest absolute Gasteiger partial charge is 0.378 e. The third kappa shape index (κ3) is 2.59. The minimum Gasteiger partial charge on any atom is -0.378 e. The second-order valence-corrected chi connectivity index (χ2v) is 8.01. The molecule has 114 valence electrons. The van der Waals surface area contributed by atoms with E-state index in [1.54, 1.807) is 6.42 Å². The Balaban J connectivity index is 1.38. The van der Waals surface area contributed by atoms with Gasteiger partial charge in [0.25, 0.3) is 0 Å². The van der Waals surface area contributed by atoms with Crippen LogP contribution in [0, 0.1) is 23.7 Å². The average molecular weight is 285 g/mol. The number of benzene rings is 1. The van der Waals surface area contributed by atoms with Crippen molar-refractivity contribution in [2.45, 2.75) is 44.7 Å². The first-order valence-electron chi connectivity index (χ1n) is 8.78. The van der Waals surface area contributed by atoms with Crippen LogP contribution in [0.3, 0.4) is 0 Å². The maximum Gasteiger partial charge on any atom is 0.101 e. The summed E-state index contributed by atoms with van der Waals surface area (Å²) < 4.78 is 0. The highest BCUT2D eigenvalue weighted by atomic mass is 15.1. The summed E-state index contributed by atoms with van der Waals surface area (Å²) in [6, 6.07) is 10.0. The number of nitrogens with two attached hydrogens (primary N) is 1. The van der Waals surface area contributed by atoms with Gasteiger partial charge in [0.2, 0.25) is 0 Å². The molecule has 4 aliphatic rings. The van der Waals surface area contributed by atoms with Crippen LogP contribution in [0.2, 0.25) is 0 Å². The molecule has 0 aromatic heterocycles. The molecule has 21 heavy (non-hydrogen) atoms. The molecule has 2 heteroatoms. The predicted molar refractivity (Wildman–Crippen MR) is 87.2 cm³/mol. The number of hydrogen-bond donors (Lipinski definition) is 1. The Morgan fingerprint density at radius 2 is 1.48 bits per heavy atom. The normalized spacial score (nSPS) is 37.0. The fourth-order valence-corrected chi connectivity index (χ4v) is 5.55. The summed E-state index contributed by atoms with van der Waals surface area (Å²) in [4.78, 5) is 2.17. The molecule has 4 saturated carbocycles. The standard InChI is InChI=1S/C19H28N2/c1-21(2)18-5-3-13(4-6-18)12-20-19-16-8-14-7-15(10-16)11-17(19)9-14/h3-6,14-17,19-20H,7-12H2,1-2H3/p+1. The van der Waals surface area contributed by atoms with Crippen molar-refractivity contribution in [3.63, 3.8) is 0 Å². The van der Waals surface area contributed by atoms with Crippen LogP contribution >= 0.6 is 0 Å². The summed E-state index contributed by atoms with van der Waals surface area (Å²) in [5.74, 6) is 4.25. The van der Waals surface area contributed by atoms with Gasteiger partial charge in [-0.15, -0.1) is 0 Å². The zero-order chi connectivity index (χ0) is 14.4. The SMILES string of the molecule is CN(C)c1ccc(C[NH2+]C2C3CC4CC(C3)CC2C4)cc1. The van der Waals surface area contributed by atoms with Crippen LogP contribution in [0.1, 0.15) is 37.7 Å². The Kier molecular flexibility index (Phi) is 3.45. The molecule has 1 aromatic carbocycles. The van der Waals surface area contributed by atoms with Crippen molar-refractivity contribution in [3.05, 3.63) is 29.8 Å². The van der Waals surface area contributed by atoms with Gasteiger partial charge in [0.15, 0.2) is 0 Å². The smallest absolute Gasteiger partial charge is 0.101 e. The third-order valence-electron chi connectivity index (χ3n) is 6.38. The van der Waals surface area contributed by atoms with Gasteiger partial charge in [0, 0.05) is 37.2 Å². The number of nitrogens with zero attached hydrogens (tertiary/aromatic N) is 1. The number of quaternary nitrogens is 1. The minimum atomic E-state index is 0.923. The zero-order valence-corrected chi connectivity index (χ0v) is 13.5. The highest BCUT2D eigenvalue weighted by molar-refractivity contribution is 5.45. The van der Waals surface area contributed by atoms with Gasteiger partial charge in [-0.3, -0.25) is 0 Å². The molecule has 0 radical (unpaired) electrons. The van der Waals surface area contributed by atoms with E-state index in [1.165, 1.54) is 43.5 Å². The van der Waals surface area contributed by atoms with E-state index in [4.69, 9.17) is 0 Å².